The van der Waals surface area contributed by atoms with Crippen LogP contribution in [-0.2, 0) is 23.2 Å². The maximum Gasteiger partial charge on any atom is 0.410 e. The van der Waals surface area contributed by atoms with Crippen LogP contribution >= 0.6 is 15.9 Å². The van der Waals surface area contributed by atoms with Crippen LogP contribution in [0, 0.1) is 0 Å². The van der Waals surface area contributed by atoms with Gasteiger partial charge in [0, 0.05) is 12.1 Å². The Morgan fingerprint density at radius 2 is 1.81 bits per heavy atom. The number of amides is 1. The summed E-state index contributed by atoms with van der Waals surface area (Å²) in [7, 11) is 0. The van der Waals surface area contributed by atoms with Crippen LogP contribution in [0.25, 0.3) is 0 Å². The fourth-order valence-corrected chi connectivity index (χ4v) is 3.53. The molecule has 118 valence electrons. The average Bonchev–Trinajstić information content (AvgIpc) is 2.60. The predicted octanol–water partition coefficient (Wildman–Crippen LogP) is 3.69. The van der Waals surface area contributed by atoms with Crippen LogP contribution in [0.5, 0.6) is 0 Å². The third-order valence-corrected chi connectivity index (χ3v) is 3.89. The van der Waals surface area contributed by atoms with Crippen molar-refractivity contribution in [3.63, 3.8) is 0 Å². The first-order chi connectivity index (χ1) is 9.49. The van der Waals surface area contributed by atoms with Crippen molar-refractivity contribution in [1.29, 1.82) is 0 Å². The molecule has 0 aromatic carbocycles. The monoisotopic (exact) mass is 357 g/mol. The summed E-state index contributed by atoms with van der Waals surface area (Å²) in [6.07, 6.45) is -0.258. The van der Waals surface area contributed by atoms with Crippen LogP contribution in [0.2, 0.25) is 0 Å². The number of halogens is 1. The van der Waals surface area contributed by atoms with Crippen LogP contribution in [0.15, 0.2) is 4.60 Å². The molecule has 0 saturated heterocycles. The quantitative estimate of drug-likeness (QED) is 0.711. The molecule has 2 heterocycles. The third kappa shape index (κ3) is 3.59. The smallest absolute Gasteiger partial charge is 0.410 e. The van der Waals surface area contributed by atoms with Gasteiger partial charge in [0.05, 0.1) is 18.8 Å². The van der Waals surface area contributed by atoms with E-state index in [1.807, 2.05) is 25.5 Å². The summed E-state index contributed by atoms with van der Waals surface area (Å²) in [5.41, 5.74) is 1.76. The molecule has 1 aliphatic rings. The summed E-state index contributed by atoms with van der Waals surface area (Å²) in [6.45, 7) is 14.0. The molecule has 0 fully saturated rings. The molecule has 0 unspecified atom stereocenters. The number of carbonyl (C=O) groups is 1. The molecule has 0 radical (unpaired) electrons. The lowest BCUT2D eigenvalue weighted by Gasteiger charge is -2.32. The number of rotatable bonds is 0. The summed E-state index contributed by atoms with van der Waals surface area (Å²) >= 11 is 3.55. The second-order valence-corrected chi connectivity index (χ2v) is 8.24. The molecule has 1 aliphatic heterocycles. The maximum absolute atomic E-state index is 12.3. The molecule has 0 aliphatic carbocycles. The van der Waals surface area contributed by atoms with Crippen molar-refractivity contribution in [1.82, 2.24) is 14.7 Å². The SMILES string of the molecule is CC(C)(C)OC(=O)N1CCn2nc(Br)c(C(C)(C)C)c2C1. The summed E-state index contributed by atoms with van der Waals surface area (Å²) < 4.78 is 8.33. The van der Waals surface area contributed by atoms with Crippen molar-refractivity contribution in [2.45, 2.75) is 65.6 Å². The first-order valence-corrected chi connectivity index (χ1v) is 8.02. The van der Waals surface area contributed by atoms with Crippen molar-refractivity contribution in [3.8, 4) is 0 Å². The summed E-state index contributed by atoms with van der Waals surface area (Å²) in [5, 5.41) is 4.54. The number of hydrogen-bond donors (Lipinski definition) is 0. The second-order valence-electron chi connectivity index (χ2n) is 7.49. The van der Waals surface area contributed by atoms with Gasteiger partial charge in [-0.1, -0.05) is 20.8 Å². The first kappa shape index (κ1) is 16.3. The highest BCUT2D eigenvalue weighted by molar-refractivity contribution is 9.10. The molecule has 1 amide bonds. The van der Waals surface area contributed by atoms with E-state index in [0.717, 1.165) is 15.9 Å². The van der Waals surface area contributed by atoms with Crippen LogP contribution in [0.4, 0.5) is 4.79 Å². The predicted molar refractivity (Wildman–Crippen MR) is 85.3 cm³/mol. The molecule has 1 aromatic rings. The molecular weight excluding hydrogens is 334 g/mol. The molecule has 0 saturated carbocycles. The zero-order valence-electron chi connectivity index (χ0n) is 13.7. The van der Waals surface area contributed by atoms with Crippen molar-refractivity contribution >= 4 is 22.0 Å². The van der Waals surface area contributed by atoms with E-state index in [9.17, 15) is 4.79 Å². The normalized spacial score (nSPS) is 15.9. The van der Waals surface area contributed by atoms with E-state index < -0.39 is 5.60 Å². The lowest BCUT2D eigenvalue weighted by atomic mass is 9.87. The van der Waals surface area contributed by atoms with E-state index in [1.165, 1.54) is 0 Å². The number of fused-ring (bicyclic) bond motifs is 1. The Hall–Kier alpha value is -1.04. The van der Waals surface area contributed by atoms with Gasteiger partial charge >= 0.3 is 6.09 Å². The Labute approximate surface area is 134 Å². The highest BCUT2D eigenvalue weighted by Crippen LogP contribution is 2.34. The fraction of sp³-hybridized carbons (Fsp3) is 0.733. The van der Waals surface area contributed by atoms with Gasteiger partial charge in [-0.05, 0) is 42.1 Å². The van der Waals surface area contributed by atoms with Gasteiger partial charge in [0.15, 0.2) is 0 Å². The third-order valence-electron chi connectivity index (χ3n) is 3.34. The minimum Gasteiger partial charge on any atom is -0.444 e. The van der Waals surface area contributed by atoms with Gasteiger partial charge < -0.3 is 9.64 Å². The summed E-state index contributed by atoms with van der Waals surface area (Å²) in [6, 6.07) is 0. The average molecular weight is 358 g/mol. The highest BCUT2D eigenvalue weighted by atomic mass is 79.9. The molecule has 6 heteroatoms. The number of ether oxygens (including phenoxy) is 1. The number of carbonyl (C=O) groups excluding carboxylic acids is 1. The molecule has 2 rings (SSSR count). The van der Waals surface area contributed by atoms with Crippen molar-refractivity contribution in [2.75, 3.05) is 6.54 Å². The lowest BCUT2D eigenvalue weighted by molar-refractivity contribution is 0.0193. The first-order valence-electron chi connectivity index (χ1n) is 7.22. The Morgan fingerprint density at radius 1 is 1.19 bits per heavy atom. The zero-order valence-corrected chi connectivity index (χ0v) is 15.2. The number of aromatic nitrogens is 2. The topological polar surface area (TPSA) is 47.4 Å². The van der Waals surface area contributed by atoms with Crippen molar-refractivity contribution in [2.24, 2.45) is 0 Å². The number of nitrogens with zero attached hydrogens (tertiary/aromatic N) is 3. The van der Waals surface area contributed by atoms with Gasteiger partial charge in [-0.25, -0.2) is 4.79 Å². The maximum atomic E-state index is 12.3. The largest absolute Gasteiger partial charge is 0.444 e. The summed E-state index contributed by atoms with van der Waals surface area (Å²) in [5.74, 6) is 0. The molecular formula is C15H24BrN3O2. The Morgan fingerprint density at radius 3 is 2.33 bits per heavy atom. The van der Waals surface area contributed by atoms with Crippen molar-refractivity contribution in [3.05, 3.63) is 15.9 Å². The van der Waals surface area contributed by atoms with Gasteiger partial charge in [-0.3, -0.25) is 4.68 Å². The Balaban J connectivity index is 2.26. The zero-order chi connectivity index (χ0) is 16.0. The molecule has 0 N–H and O–H groups in total. The van der Waals surface area contributed by atoms with E-state index in [0.29, 0.717) is 19.6 Å². The van der Waals surface area contributed by atoms with E-state index in [1.54, 1.807) is 4.90 Å². The number of hydrogen-bond acceptors (Lipinski definition) is 3. The van der Waals surface area contributed by atoms with E-state index in [4.69, 9.17) is 4.74 Å². The van der Waals surface area contributed by atoms with Crippen LogP contribution in [0.1, 0.15) is 52.8 Å². The molecule has 5 nitrogen and oxygen atoms in total. The van der Waals surface area contributed by atoms with Crippen molar-refractivity contribution < 1.29 is 9.53 Å². The van der Waals surface area contributed by atoms with Gasteiger partial charge in [0.1, 0.15) is 10.2 Å². The molecule has 0 atom stereocenters. The molecule has 0 bridgehead atoms. The van der Waals surface area contributed by atoms with Crippen LogP contribution in [-0.4, -0.2) is 32.9 Å². The van der Waals surface area contributed by atoms with E-state index in [-0.39, 0.29) is 11.5 Å². The van der Waals surface area contributed by atoms with Crippen LogP contribution in [0.3, 0.4) is 0 Å². The van der Waals surface area contributed by atoms with E-state index >= 15 is 0 Å². The second kappa shape index (κ2) is 5.30. The van der Waals surface area contributed by atoms with E-state index in [2.05, 4.69) is 41.8 Å². The summed E-state index contributed by atoms with van der Waals surface area (Å²) in [4.78, 5) is 14.0. The Kier molecular flexibility index (Phi) is 4.12. The van der Waals surface area contributed by atoms with Crippen LogP contribution < -0.4 is 0 Å². The standard InChI is InChI=1S/C15H24BrN3O2/c1-14(2,3)11-10-9-18(13(20)21-15(4,5)6)7-8-19(10)17-12(11)16/h7-9H2,1-6H3. The van der Waals surface area contributed by atoms with Gasteiger partial charge in [-0.2, -0.15) is 5.10 Å². The molecule has 1 aromatic heterocycles. The fourth-order valence-electron chi connectivity index (χ4n) is 2.51. The molecule has 21 heavy (non-hydrogen) atoms. The Bertz CT molecular complexity index is 552. The van der Waals surface area contributed by atoms with Gasteiger partial charge in [0.2, 0.25) is 0 Å². The minimum atomic E-state index is -0.470. The lowest BCUT2D eigenvalue weighted by Crippen LogP contribution is -2.42. The van der Waals surface area contributed by atoms with Gasteiger partial charge in [0.25, 0.3) is 0 Å². The highest BCUT2D eigenvalue weighted by Gasteiger charge is 2.32. The minimum absolute atomic E-state index is 0.0244. The van der Waals surface area contributed by atoms with Gasteiger partial charge in [-0.15, -0.1) is 0 Å². The molecule has 0 spiro atoms.